The minimum Gasteiger partial charge on any atom is -0.373 e. The van der Waals surface area contributed by atoms with Crippen LogP contribution in [0.1, 0.15) is 42.6 Å². The third kappa shape index (κ3) is 2.43. The highest BCUT2D eigenvalue weighted by Crippen LogP contribution is 2.39. The van der Waals surface area contributed by atoms with E-state index in [0.29, 0.717) is 12.0 Å². The van der Waals surface area contributed by atoms with Gasteiger partial charge in [0.1, 0.15) is 17.5 Å². The summed E-state index contributed by atoms with van der Waals surface area (Å²) in [5, 5.41) is 3.19. The second-order valence-electron chi connectivity index (χ2n) is 6.44. The molecule has 0 radical (unpaired) electrons. The van der Waals surface area contributed by atoms with Gasteiger partial charge in [0, 0.05) is 31.6 Å². The van der Waals surface area contributed by atoms with Crippen LogP contribution in [0.3, 0.4) is 0 Å². The number of benzene rings is 1. The molecule has 0 bridgehead atoms. The van der Waals surface area contributed by atoms with E-state index in [1.807, 2.05) is 7.05 Å². The van der Waals surface area contributed by atoms with Crippen molar-refractivity contribution in [2.24, 2.45) is 0 Å². The van der Waals surface area contributed by atoms with Crippen molar-refractivity contribution in [3.8, 4) is 0 Å². The van der Waals surface area contributed by atoms with Crippen molar-refractivity contribution < 1.29 is 0 Å². The third-order valence-corrected chi connectivity index (χ3v) is 4.73. The summed E-state index contributed by atoms with van der Waals surface area (Å²) in [5.41, 5.74) is 2.88. The van der Waals surface area contributed by atoms with Crippen molar-refractivity contribution in [2.75, 3.05) is 17.3 Å². The molecule has 2 aromatic rings. The summed E-state index contributed by atoms with van der Waals surface area (Å²) in [5.74, 6) is 3.56. The monoisotopic (exact) mass is 294 g/mol. The van der Waals surface area contributed by atoms with Gasteiger partial charge in [0.05, 0.1) is 0 Å². The van der Waals surface area contributed by atoms with E-state index in [1.54, 1.807) is 0 Å². The fraction of sp³-hybridized carbons (Fsp3) is 0.444. The largest absolute Gasteiger partial charge is 0.373 e. The van der Waals surface area contributed by atoms with Gasteiger partial charge >= 0.3 is 0 Å². The van der Waals surface area contributed by atoms with E-state index in [1.165, 1.54) is 24.0 Å². The Morgan fingerprint density at radius 3 is 2.64 bits per heavy atom. The molecule has 1 N–H and O–H groups in total. The summed E-state index contributed by atoms with van der Waals surface area (Å²) in [6, 6.07) is 11.3. The van der Waals surface area contributed by atoms with Crippen LogP contribution in [0.4, 0.5) is 11.6 Å². The molecular weight excluding hydrogens is 272 g/mol. The second-order valence-corrected chi connectivity index (χ2v) is 6.44. The van der Waals surface area contributed by atoms with Crippen molar-refractivity contribution in [2.45, 2.75) is 44.7 Å². The maximum Gasteiger partial charge on any atom is 0.136 e. The summed E-state index contributed by atoms with van der Waals surface area (Å²) in [7, 11) is 1.93. The zero-order valence-electron chi connectivity index (χ0n) is 13.2. The molecule has 1 aromatic carbocycles. The van der Waals surface area contributed by atoms with Crippen molar-refractivity contribution >= 4 is 11.6 Å². The first-order valence-corrected chi connectivity index (χ1v) is 8.15. The lowest BCUT2D eigenvalue weighted by Crippen LogP contribution is -2.39. The lowest BCUT2D eigenvalue weighted by molar-refractivity contribution is 0.585. The highest BCUT2D eigenvalue weighted by Gasteiger charge is 2.29. The number of aromatic nitrogens is 2. The molecule has 22 heavy (non-hydrogen) atoms. The van der Waals surface area contributed by atoms with Gasteiger partial charge in [-0.3, -0.25) is 0 Å². The molecule has 1 fully saturated rings. The van der Waals surface area contributed by atoms with E-state index in [4.69, 9.17) is 4.98 Å². The Hall–Kier alpha value is -2.10. The van der Waals surface area contributed by atoms with Crippen LogP contribution in [0.2, 0.25) is 0 Å². The smallest absolute Gasteiger partial charge is 0.136 e. The molecule has 4 rings (SSSR count). The lowest BCUT2D eigenvalue weighted by atomic mass is 9.95. The minimum absolute atomic E-state index is 0.460. The van der Waals surface area contributed by atoms with Crippen LogP contribution in [0.15, 0.2) is 30.3 Å². The molecule has 1 aliphatic heterocycles. The van der Waals surface area contributed by atoms with Crippen LogP contribution in [-0.4, -0.2) is 23.1 Å². The Labute approximate surface area is 131 Å². The van der Waals surface area contributed by atoms with Crippen molar-refractivity contribution in [1.29, 1.82) is 0 Å². The van der Waals surface area contributed by atoms with E-state index in [9.17, 15) is 0 Å². The van der Waals surface area contributed by atoms with E-state index in [0.717, 1.165) is 30.4 Å². The van der Waals surface area contributed by atoms with Gasteiger partial charge < -0.3 is 10.2 Å². The molecule has 0 amide bonds. The summed E-state index contributed by atoms with van der Waals surface area (Å²) in [6.45, 7) is 3.22. The van der Waals surface area contributed by atoms with Crippen molar-refractivity contribution in [3.63, 3.8) is 0 Å². The predicted octanol–water partition coefficient (Wildman–Crippen LogP) is 3.35. The second kappa shape index (κ2) is 5.27. The summed E-state index contributed by atoms with van der Waals surface area (Å²) in [4.78, 5) is 11.9. The molecule has 4 heteroatoms. The van der Waals surface area contributed by atoms with Gasteiger partial charge in [-0.1, -0.05) is 24.3 Å². The maximum absolute atomic E-state index is 4.87. The first kappa shape index (κ1) is 13.6. The highest BCUT2D eigenvalue weighted by atomic mass is 15.2. The van der Waals surface area contributed by atoms with Crippen LogP contribution in [0.25, 0.3) is 0 Å². The number of nitrogens with one attached hydrogen (secondary N) is 1. The fourth-order valence-electron chi connectivity index (χ4n) is 3.24. The maximum atomic E-state index is 4.87. The average Bonchev–Trinajstić information content (AvgIpc) is 3.38. The minimum atomic E-state index is 0.460. The Bertz CT molecular complexity index is 693. The Morgan fingerprint density at radius 1 is 1.14 bits per heavy atom. The average molecular weight is 294 g/mol. The molecule has 0 saturated heterocycles. The summed E-state index contributed by atoms with van der Waals surface area (Å²) in [6.07, 6.45) is 3.53. The zero-order chi connectivity index (χ0) is 15.1. The van der Waals surface area contributed by atoms with Crippen LogP contribution >= 0.6 is 0 Å². The first-order chi connectivity index (χ1) is 10.7. The van der Waals surface area contributed by atoms with Gasteiger partial charge in [0.15, 0.2) is 0 Å². The molecule has 1 saturated carbocycles. The number of fused-ring (bicyclic) bond motifs is 1. The van der Waals surface area contributed by atoms with Crippen molar-refractivity contribution in [3.05, 3.63) is 47.3 Å². The first-order valence-electron chi connectivity index (χ1n) is 8.15. The van der Waals surface area contributed by atoms with E-state index in [-0.39, 0.29) is 0 Å². The van der Waals surface area contributed by atoms with Crippen LogP contribution < -0.4 is 10.2 Å². The van der Waals surface area contributed by atoms with Gasteiger partial charge in [-0.15, -0.1) is 0 Å². The number of hydrogen-bond acceptors (Lipinski definition) is 4. The van der Waals surface area contributed by atoms with Crippen LogP contribution in [0, 0.1) is 0 Å². The molecule has 1 atom stereocenters. The number of rotatable bonds is 3. The predicted molar refractivity (Wildman–Crippen MR) is 89.3 cm³/mol. The normalized spacial score (nSPS) is 20.6. The Balaban J connectivity index is 1.70. The quantitative estimate of drug-likeness (QED) is 0.942. The van der Waals surface area contributed by atoms with E-state index < -0.39 is 0 Å². The Kier molecular flexibility index (Phi) is 3.25. The standard InChI is InChI=1S/C18H22N4/c1-12-9-14-5-3-4-6-15(14)11-22(12)17-10-16(19-2)20-18(21-17)13-7-8-13/h3-6,10,12-13H,7-9,11H2,1-2H3,(H,19,20,21)/t12-/m1/s1. The molecule has 1 aliphatic carbocycles. The van der Waals surface area contributed by atoms with Gasteiger partial charge in [0.2, 0.25) is 0 Å². The molecule has 4 nitrogen and oxygen atoms in total. The van der Waals surface area contributed by atoms with Crippen LogP contribution in [0.5, 0.6) is 0 Å². The lowest BCUT2D eigenvalue weighted by Gasteiger charge is -2.36. The fourth-order valence-corrected chi connectivity index (χ4v) is 3.24. The highest BCUT2D eigenvalue weighted by molar-refractivity contribution is 5.52. The summed E-state index contributed by atoms with van der Waals surface area (Å²) >= 11 is 0. The van der Waals surface area contributed by atoms with Gasteiger partial charge in [-0.05, 0) is 37.3 Å². The van der Waals surface area contributed by atoms with Gasteiger partial charge in [0.25, 0.3) is 0 Å². The molecule has 0 unspecified atom stereocenters. The molecular formula is C18H22N4. The van der Waals surface area contributed by atoms with Crippen molar-refractivity contribution in [1.82, 2.24) is 9.97 Å². The van der Waals surface area contributed by atoms with Gasteiger partial charge in [-0.2, -0.15) is 0 Å². The molecule has 0 spiro atoms. The van der Waals surface area contributed by atoms with E-state index >= 15 is 0 Å². The SMILES string of the molecule is CNc1cc(N2Cc3ccccc3C[C@H]2C)nc(C2CC2)n1. The Morgan fingerprint density at radius 2 is 1.91 bits per heavy atom. The molecule has 2 aliphatic rings. The summed E-state index contributed by atoms with van der Waals surface area (Å²) < 4.78 is 0. The molecule has 1 aromatic heterocycles. The zero-order valence-corrected chi connectivity index (χ0v) is 13.2. The van der Waals surface area contributed by atoms with Crippen LogP contribution in [-0.2, 0) is 13.0 Å². The number of anilines is 2. The number of nitrogens with zero attached hydrogens (tertiary/aromatic N) is 3. The topological polar surface area (TPSA) is 41.0 Å². The number of hydrogen-bond donors (Lipinski definition) is 1. The molecule has 2 heterocycles. The molecule has 114 valence electrons. The third-order valence-electron chi connectivity index (χ3n) is 4.73. The van der Waals surface area contributed by atoms with Gasteiger partial charge in [-0.25, -0.2) is 9.97 Å². The van der Waals surface area contributed by atoms with E-state index in [2.05, 4.69) is 52.5 Å².